The molecule has 2 aromatic heterocycles. The quantitative estimate of drug-likeness (QED) is 0.150. The van der Waals surface area contributed by atoms with E-state index in [1.165, 1.54) is 42.6 Å². The number of halogens is 4. The molecule has 204 valence electrons. The van der Waals surface area contributed by atoms with Crippen LogP contribution in [-0.4, -0.2) is 38.6 Å². The Morgan fingerprint density at radius 1 is 1.02 bits per heavy atom. The fourth-order valence-corrected chi connectivity index (χ4v) is 4.36. The number of hydrogen-bond donors (Lipinski definition) is 3. The van der Waals surface area contributed by atoms with Crippen LogP contribution in [0.25, 0.3) is 21.9 Å². The predicted octanol–water partition coefficient (Wildman–Crippen LogP) is 4.55. The molecule has 3 aromatic carbocycles. The van der Waals surface area contributed by atoms with Crippen LogP contribution >= 0.6 is 0 Å². The number of nitrogens with zero attached hydrogens (tertiary/aromatic N) is 3. The van der Waals surface area contributed by atoms with Gasteiger partial charge in [0.25, 0.3) is 5.91 Å². The molecule has 3 N–H and O–H groups in total. The van der Waals surface area contributed by atoms with Gasteiger partial charge in [0.2, 0.25) is 11.7 Å². The molecule has 5 aromatic rings. The van der Waals surface area contributed by atoms with Crippen molar-refractivity contribution in [3.05, 3.63) is 102 Å². The van der Waals surface area contributed by atoms with Crippen molar-refractivity contribution in [1.82, 2.24) is 25.3 Å². The summed E-state index contributed by atoms with van der Waals surface area (Å²) in [5, 5.41) is 7.26. The van der Waals surface area contributed by atoms with Crippen LogP contribution in [0.15, 0.2) is 84.1 Å². The van der Waals surface area contributed by atoms with E-state index in [1.807, 2.05) is 24.3 Å². The lowest BCUT2D eigenvalue weighted by Crippen LogP contribution is -2.48. The minimum Gasteiger partial charge on any atom is -0.361 e. The number of para-hydroxylation sites is 3. The van der Waals surface area contributed by atoms with Gasteiger partial charge in [0.05, 0.1) is 17.2 Å². The summed E-state index contributed by atoms with van der Waals surface area (Å²) in [7, 11) is 0. The molecular weight excluding hydrogens is 528 g/mol. The minimum absolute atomic E-state index is 0.0322. The van der Waals surface area contributed by atoms with Gasteiger partial charge in [0.15, 0.2) is 0 Å². The van der Waals surface area contributed by atoms with Crippen LogP contribution in [0, 0.1) is 5.82 Å². The van der Waals surface area contributed by atoms with Gasteiger partial charge in [0, 0.05) is 23.5 Å². The molecule has 0 aliphatic rings. The third kappa shape index (κ3) is 5.85. The summed E-state index contributed by atoms with van der Waals surface area (Å²) in [6.45, 7) is -0.716. The van der Waals surface area contributed by atoms with E-state index in [2.05, 4.69) is 25.8 Å². The summed E-state index contributed by atoms with van der Waals surface area (Å²) < 4.78 is 55.0. The molecule has 8 nitrogen and oxygen atoms in total. The third-order valence-electron chi connectivity index (χ3n) is 6.22. The summed E-state index contributed by atoms with van der Waals surface area (Å²) >= 11 is 0. The summed E-state index contributed by atoms with van der Waals surface area (Å²) in [6, 6.07) is 17.5. The summed E-state index contributed by atoms with van der Waals surface area (Å²) in [4.78, 5) is 32.9. The Hall–Kier alpha value is -5.00. The SMILES string of the molecule is O=C(Cn1c(C(F)(F)F)nc2ccccc21)NC(Cc1c[nH]c2ccccc12)C(=O)NN=Cc1ccc(F)cc1. The number of carbonyl (C=O) groups excluding carboxylic acids is 2. The molecule has 1 unspecified atom stereocenters. The molecule has 0 saturated heterocycles. The molecule has 0 saturated carbocycles. The maximum atomic E-state index is 13.7. The zero-order valence-corrected chi connectivity index (χ0v) is 20.7. The van der Waals surface area contributed by atoms with Gasteiger partial charge >= 0.3 is 6.18 Å². The monoisotopic (exact) mass is 550 g/mol. The number of carbonyl (C=O) groups is 2. The number of nitrogens with one attached hydrogen (secondary N) is 3. The Kier molecular flexibility index (Phi) is 7.32. The Labute approximate surface area is 224 Å². The molecule has 5 rings (SSSR count). The molecule has 1 atom stereocenters. The first-order chi connectivity index (χ1) is 19.2. The van der Waals surface area contributed by atoms with Crippen LogP contribution < -0.4 is 10.7 Å². The van der Waals surface area contributed by atoms with Crippen molar-refractivity contribution >= 4 is 40.0 Å². The maximum absolute atomic E-state index is 13.7. The zero-order valence-electron chi connectivity index (χ0n) is 20.7. The van der Waals surface area contributed by atoms with E-state index in [0.717, 1.165) is 15.5 Å². The smallest absolute Gasteiger partial charge is 0.361 e. The van der Waals surface area contributed by atoms with Crippen LogP contribution in [0.3, 0.4) is 0 Å². The lowest BCUT2D eigenvalue weighted by atomic mass is 10.0. The second kappa shape index (κ2) is 11.0. The summed E-state index contributed by atoms with van der Waals surface area (Å²) in [5.74, 6) is -3.16. The third-order valence-corrected chi connectivity index (χ3v) is 6.22. The average molecular weight is 551 g/mol. The summed E-state index contributed by atoms with van der Waals surface area (Å²) in [5.41, 5.74) is 4.61. The number of aromatic amines is 1. The van der Waals surface area contributed by atoms with Gasteiger partial charge in [-0.15, -0.1) is 0 Å². The van der Waals surface area contributed by atoms with Crippen LogP contribution in [0.2, 0.25) is 0 Å². The molecule has 2 amide bonds. The lowest BCUT2D eigenvalue weighted by Gasteiger charge is -2.18. The van der Waals surface area contributed by atoms with Gasteiger partial charge in [0.1, 0.15) is 18.4 Å². The van der Waals surface area contributed by atoms with E-state index < -0.39 is 42.2 Å². The first-order valence-corrected chi connectivity index (χ1v) is 12.1. The number of benzene rings is 3. The normalized spacial score (nSPS) is 12.7. The number of hydrazone groups is 1. The Morgan fingerprint density at radius 3 is 2.52 bits per heavy atom. The Balaban J connectivity index is 1.39. The largest absolute Gasteiger partial charge is 0.449 e. The number of H-pyrrole nitrogens is 1. The van der Waals surface area contributed by atoms with Crippen molar-refractivity contribution in [3.63, 3.8) is 0 Å². The maximum Gasteiger partial charge on any atom is 0.449 e. The van der Waals surface area contributed by atoms with Crippen molar-refractivity contribution in [2.24, 2.45) is 5.10 Å². The number of rotatable bonds is 8. The molecule has 0 radical (unpaired) electrons. The van der Waals surface area contributed by atoms with Gasteiger partial charge in [-0.05, 0) is 41.5 Å². The van der Waals surface area contributed by atoms with E-state index in [9.17, 15) is 27.2 Å². The standard InChI is InChI=1S/C28H22F4N6O2/c29-19-11-9-17(10-12-19)14-34-37-26(40)23(13-18-15-33-21-6-2-1-5-20(18)21)35-25(39)16-38-24-8-4-3-7-22(24)36-27(38)28(30,31)32/h1-12,14-15,23,33H,13,16H2,(H,35,39)(H,37,40). The number of aromatic nitrogens is 3. The first-order valence-electron chi connectivity index (χ1n) is 12.1. The first kappa shape index (κ1) is 26.6. The highest BCUT2D eigenvalue weighted by Crippen LogP contribution is 2.31. The number of fused-ring (bicyclic) bond motifs is 2. The molecule has 40 heavy (non-hydrogen) atoms. The minimum atomic E-state index is -4.80. The van der Waals surface area contributed by atoms with Crippen LogP contribution in [-0.2, 0) is 28.7 Å². The van der Waals surface area contributed by atoms with E-state index >= 15 is 0 Å². The number of alkyl halides is 3. The topological polar surface area (TPSA) is 104 Å². The number of imidazole rings is 1. The summed E-state index contributed by atoms with van der Waals surface area (Å²) in [6.07, 6.45) is -1.77. The number of amides is 2. The Morgan fingerprint density at radius 2 is 1.75 bits per heavy atom. The average Bonchev–Trinajstić information content (AvgIpc) is 3.51. The molecule has 2 heterocycles. The molecule has 12 heteroatoms. The van der Waals surface area contributed by atoms with Crippen molar-refractivity contribution < 1.29 is 27.2 Å². The molecule has 0 bridgehead atoms. The molecular formula is C28H22F4N6O2. The Bertz CT molecular complexity index is 1710. The van der Waals surface area contributed by atoms with Crippen molar-refractivity contribution in [1.29, 1.82) is 0 Å². The predicted molar refractivity (Wildman–Crippen MR) is 141 cm³/mol. The highest BCUT2D eigenvalue weighted by molar-refractivity contribution is 5.91. The van der Waals surface area contributed by atoms with E-state index in [0.29, 0.717) is 11.1 Å². The molecule has 0 aliphatic heterocycles. The van der Waals surface area contributed by atoms with E-state index in [-0.39, 0.29) is 17.5 Å². The van der Waals surface area contributed by atoms with Gasteiger partial charge < -0.3 is 14.9 Å². The van der Waals surface area contributed by atoms with Crippen molar-refractivity contribution in [3.8, 4) is 0 Å². The van der Waals surface area contributed by atoms with Crippen LogP contribution in [0.1, 0.15) is 17.0 Å². The highest BCUT2D eigenvalue weighted by Gasteiger charge is 2.38. The highest BCUT2D eigenvalue weighted by atomic mass is 19.4. The second-order valence-corrected chi connectivity index (χ2v) is 8.98. The fraction of sp³-hybridized carbons (Fsp3) is 0.143. The van der Waals surface area contributed by atoms with E-state index in [1.54, 1.807) is 18.3 Å². The molecule has 0 fully saturated rings. The van der Waals surface area contributed by atoms with Crippen molar-refractivity contribution in [2.75, 3.05) is 0 Å². The van der Waals surface area contributed by atoms with Crippen molar-refractivity contribution in [2.45, 2.75) is 25.2 Å². The lowest BCUT2D eigenvalue weighted by molar-refractivity contribution is -0.147. The van der Waals surface area contributed by atoms with Crippen LogP contribution in [0.4, 0.5) is 17.6 Å². The second-order valence-electron chi connectivity index (χ2n) is 8.98. The molecule has 0 spiro atoms. The molecule has 0 aliphatic carbocycles. The van der Waals surface area contributed by atoms with Gasteiger partial charge in [-0.3, -0.25) is 9.59 Å². The zero-order chi connectivity index (χ0) is 28.3. The number of hydrogen-bond acceptors (Lipinski definition) is 4. The fourth-order valence-electron chi connectivity index (χ4n) is 4.36. The van der Waals surface area contributed by atoms with E-state index in [4.69, 9.17) is 0 Å². The van der Waals surface area contributed by atoms with Crippen LogP contribution in [0.5, 0.6) is 0 Å². The van der Waals surface area contributed by atoms with Gasteiger partial charge in [-0.1, -0.05) is 42.5 Å². The van der Waals surface area contributed by atoms with Gasteiger partial charge in [-0.2, -0.15) is 18.3 Å². The van der Waals surface area contributed by atoms with Gasteiger partial charge in [-0.25, -0.2) is 14.8 Å².